The van der Waals surface area contributed by atoms with E-state index in [1.807, 2.05) is 0 Å². The van der Waals surface area contributed by atoms with E-state index in [-0.39, 0.29) is 6.61 Å². The first-order valence-corrected chi connectivity index (χ1v) is 4.80. The quantitative estimate of drug-likeness (QED) is 0.472. The predicted molar refractivity (Wildman–Crippen MR) is 54.4 cm³/mol. The highest BCUT2D eigenvalue weighted by Gasteiger charge is 2.20. The summed E-state index contributed by atoms with van der Waals surface area (Å²) in [6.07, 6.45) is -0.574. The zero-order chi connectivity index (χ0) is 13.4. The van der Waals surface area contributed by atoms with Crippen molar-refractivity contribution in [2.24, 2.45) is 0 Å². The van der Waals surface area contributed by atoms with Gasteiger partial charge in [0.2, 0.25) is 5.91 Å². The van der Waals surface area contributed by atoms with E-state index < -0.39 is 43.6 Å². The number of carbonyl (C=O) groups excluding carboxylic acids is 1. The maximum Gasteiger partial charge on any atom is 0.323 e. The number of aliphatic hydroxyl groups excluding tert-OH is 1. The molecule has 3 N–H and O–H groups in total. The van der Waals surface area contributed by atoms with Gasteiger partial charge in [-0.2, -0.15) is 0 Å². The lowest BCUT2D eigenvalue weighted by molar-refractivity contribution is -0.152. The molecule has 1 amide bonds. The molecule has 8 nitrogen and oxygen atoms in total. The van der Waals surface area contributed by atoms with E-state index >= 15 is 0 Å². The van der Waals surface area contributed by atoms with Gasteiger partial charge in [0.05, 0.1) is 12.7 Å². The predicted octanol–water partition coefficient (Wildman–Crippen LogP) is -1.62. The molecule has 0 fully saturated rings. The molecule has 1 atom stereocenters. The standard InChI is InChI=1S/C9H15NO7/c1-6(4-11)17-5-7(12)10(2-8(13)14)3-9(15)16/h6,11H,2-5H2,1H3,(H,13,14)(H,15,16). The summed E-state index contributed by atoms with van der Waals surface area (Å²) < 4.78 is 4.87. The number of amides is 1. The summed E-state index contributed by atoms with van der Waals surface area (Å²) in [5.74, 6) is -3.38. The van der Waals surface area contributed by atoms with Crippen LogP contribution in [0.15, 0.2) is 0 Å². The van der Waals surface area contributed by atoms with E-state index in [2.05, 4.69) is 0 Å². The van der Waals surface area contributed by atoms with Crippen molar-refractivity contribution in [3.8, 4) is 0 Å². The SMILES string of the molecule is CC(CO)OCC(=O)N(CC(=O)O)CC(=O)O. The monoisotopic (exact) mass is 249 g/mol. The molecule has 0 aliphatic heterocycles. The van der Waals surface area contributed by atoms with E-state index in [4.69, 9.17) is 20.1 Å². The van der Waals surface area contributed by atoms with Crippen LogP contribution in [0.2, 0.25) is 0 Å². The van der Waals surface area contributed by atoms with Crippen LogP contribution in [0.25, 0.3) is 0 Å². The number of carbonyl (C=O) groups is 3. The van der Waals surface area contributed by atoms with Crippen molar-refractivity contribution in [2.75, 3.05) is 26.3 Å². The van der Waals surface area contributed by atoms with Gasteiger partial charge in [-0.15, -0.1) is 0 Å². The lowest BCUT2D eigenvalue weighted by atomic mass is 10.4. The first-order chi connectivity index (χ1) is 7.86. The number of ether oxygens (including phenoxy) is 1. The third-order valence-corrected chi connectivity index (χ3v) is 1.75. The van der Waals surface area contributed by atoms with E-state index in [1.165, 1.54) is 6.92 Å². The Bertz CT molecular complexity index is 275. The number of hydrogen-bond acceptors (Lipinski definition) is 5. The highest BCUT2D eigenvalue weighted by Crippen LogP contribution is 1.95. The van der Waals surface area contributed by atoms with Crippen molar-refractivity contribution in [3.05, 3.63) is 0 Å². The molecule has 0 saturated carbocycles. The summed E-state index contributed by atoms with van der Waals surface area (Å²) in [6.45, 7) is -0.649. The zero-order valence-electron chi connectivity index (χ0n) is 9.33. The molecule has 0 rings (SSSR count). The maximum absolute atomic E-state index is 11.4. The second-order valence-electron chi connectivity index (χ2n) is 3.34. The van der Waals surface area contributed by atoms with E-state index in [9.17, 15) is 14.4 Å². The van der Waals surface area contributed by atoms with Gasteiger partial charge in [-0.1, -0.05) is 0 Å². The lowest BCUT2D eigenvalue weighted by Crippen LogP contribution is -2.41. The van der Waals surface area contributed by atoms with Crippen LogP contribution in [0.3, 0.4) is 0 Å². The van der Waals surface area contributed by atoms with Gasteiger partial charge < -0.3 is 25.0 Å². The number of aliphatic carboxylic acids is 2. The van der Waals surface area contributed by atoms with Crippen molar-refractivity contribution in [2.45, 2.75) is 13.0 Å². The lowest BCUT2D eigenvalue weighted by Gasteiger charge is -2.19. The Morgan fingerprint density at radius 1 is 1.18 bits per heavy atom. The van der Waals surface area contributed by atoms with Gasteiger partial charge in [-0.05, 0) is 6.92 Å². The first-order valence-electron chi connectivity index (χ1n) is 4.80. The molecular formula is C9H15NO7. The van der Waals surface area contributed by atoms with Crippen LogP contribution in [0, 0.1) is 0 Å². The van der Waals surface area contributed by atoms with Gasteiger partial charge in [0.25, 0.3) is 0 Å². The van der Waals surface area contributed by atoms with E-state index in [0.717, 1.165) is 0 Å². The summed E-state index contributed by atoms with van der Waals surface area (Å²) >= 11 is 0. The minimum Gasteiger partial charge on any atom is -0.480 e. The summed E-state index contributed by atoms with van der Waals surface area (Å²) in [5.41, 5.74) is 0. The van der Waals surface area contributed by atoms with Crippen LogP contribution < -0.4 is 0 Å². The Morgan fingerprint density at radius 2 is 1.65 bits per heavy atom. The van der Waals surface area contributed by atoms with Gasteiger partial charge in [0.15, 0.2) is 0 Å². The fraction of sp³-hybridized carbons (Fsp3) is 0.667. The second-order valence-corrected chi connectivity index (χ2v) is 3.34. The van der Waals surface area contributed by atoms with E-state index in [0.29, 0.717) is 4.90 Å². The molecule has 0 aliphatic carbocycles. The number of carboxylic acids is 2. The third-order valence-electron chi connectivity index (χ3n) is 1.75. The van der Waals surface area contributed by atoms with Crippen molar-refractivity contribution >= 4 is 17.8 Å². The third kappa shape index (κ3) is 7.25. The molecule has 0 aromatic heterocycles. The van der Waals surface area contributed by atoms with Crippen molar-refractivity contribution in [1.29, 1.82) is 0 Å². The summed E-state index contributed by atoms with van der Waals surface area (Å²) in [4.78, 5) is 32.9. The molecule has 8 heteroatoms. The van der Waals surface area contributed by atoms with Crippen molar-refractivity contribution in [3.63, 3.8) is 0 Å². The second kappa shape index (κ2) is 7.58. The van der Waals surface area contributed by atoms with Gasteiger partial charge in [0, 0.05) is 0 Å². The van der Waals surface area contributed by atoms with Gasteiger partial charge >= 0.3 is 11.9 Å². The van der Waals surface area contributed by atoms with Crippen LogP contribution in [0.4, 0.5) is 0 Å². The summed E-state index contributed by atoms with van der Waals surface area (Å²) in [7, 11) is 0. The fourth-order valence-corrected chi connectivity index (χ4v) is 0.916. The van der Waals surface area contributed by atoms with Gasteiger partial charge in [0.1, 0.15) is 19.7 Å². The molecule has 0 aliphatic rings. The zero-order valence-corrected chi connectivity index (χ0v) is 9.33. The maximum atomic E-state index is 11.4. The number of carboxylic acid groups (broad SMARTS) is 2. The highest BCUT2D eigenvalue weighted by molar-refractivity contribution is 5.85. The van der Waals surface area contributed by atoms with Crippen LogP contribution in [-0.4, -0.2) is 70.5 Å². The number of aliphatic hydroxyl groups is 1. The first kappa shape index (κ1) is 15.3. The Kier molecular flexibility index (Phi) is 6.83. The Hall–Kier alpha value is -1.67. The molecular weight excluding hydrogens is 234 g/mol. The average Bonchev–Trinajstić information content (AvgIpc) is 2.23. The average molecular weight is 249 g/mol. The van der Waals surface area contributed by atoms with E-state index in [1.54, 1.807) is 0 Å². The fourth-order valence-electron chi connectivity index (χ4n) is 0.916. The molecule has 17 heavy (non-hydrogen) atoms. The largest absolute Gasteiger partial charge is 0.480 e. The van der Waals surface area contributed by atoms with Crippen molar-refractivity contribution < 1.29 is 34.4 Å². The molecule has 0 bridgehead atoms. The smallest absolute Gasteiger partial charge is 0.323 e. The molecule has 0 aromatic rings. The molecule has 1 unspecified atom stereocenters. The van der Waals surface area contributed by atoms with Gasteiger partial charge in [-0.3, -0.25) is 14.4 Å². The molecule has 0 radical (unpaired) electrons. The normalized spacial score (nSPS) is 11.9. The number of rotatable bonds is 8. The number of nitrogens with zero attached hydrogens (tertiary/aromatic N) is 1. The Labute approximate surface area is 97.4 Å². The van der Waals surface area contributed by atoms with Gasteiger partial charge in [-0.25, -0.2) is 0 Å². The Balaban J connectivity index is 4.31. The Morgan fingerprint density at radius 3 is 2.00 bits per heavy atom. The highest BCUT2D eigenvalue weighted by atomic mass is 16.5. The summed E-state index contributed by atoms with van der Waals surface area (Å²) in [6, 6.07) is 0. The minimum absolute atomic E-state index is 0.287. The molecule has 98 valence electrons. The number of hydrogen-bond donors (Lipinski definition) is 3. The van der Waals surface area contributed by atoms with Crippen LogP contribution in [0.1, 0.15) is 6.92 Å². The van der Waals surface area contributed by atoms with Crippen LogP contribution in [-0.2, 0) is 19.1 Å². The summed E-state index contributed by atoms with van der Waals surface area (Å²) in [5, 5.41) is 25.6. The molecule has 0 heterocycles. The minimum atomic E-state index is -1.31. The van der Waals surface area contributed by atoms with Crippen LogP contribution >= 0.6 is 0 Å². The molecule has 0 saturated heterocycles. The molecule has 0 aromatic carbocycles. The topological polar surface area (TPSA) is 124 Å². The molecule has 0 spiro atoms. The van der Waals surface area contributed by atoms with Crippen molar-refractivity contribution in [1.82, 2.24) is 4.90 Å². The van der Waals surface area contributed by atoms with Crippen LogP contribution in [0.5, 0.6) is 0 Å².